The molecule has 0 bridgehead atoms. The normalized spacial score (nSPS) is 11.8. The van der Waals surface area contributed by atoms with Crippen molar-refractivity contribution in [1.82, 2.24) is 19.5 Å². The Hall–Kier alpha value is -6.69. The van der Waals surface area contributed by atoms with Gasteiger partial charge in [-0.15, -0.1) is 11.3 Å². The number of hydrogen-bond acceptors (Lipinski definition) is 4. The van der Waals surface area contributed by atoms with E-state index in [0.717, 1.165) is 48.5 Å². The van der Waals surface area contributed by atoms with Gasteiger partial charge in [0.2, 0.25) is 0 Å². The molecular formula is C47H28N4S. The van der Waals surface area contributed by atoms with Crippen LogP contribution >= 0.6 is 11.3 Å². The minimum absolute atomic E-state index is 0.792. The number of pyridine rings is 1. The van der Waals surface area contributed by atoms with Crippen LogP contribution in [0, 0.1) is 0 Å². The van der Waals surface area contributed by atoms with E-state index in [9.17, 15) is 0 Å². The molecule has 242 valence electrons. The Balaban J connectivity index is 1.30. The Morgan fingerprint density at radius 1 is 0.481 bits per heavy atom. The molecule has 0 saturated heterocycles. The van der Waals surface area contributed by atoms with E-state index in [0.29, 0.717) is 0 Å². The van der Waals surface area contributed by atoms with Gasteiger partial charge in [-0.05, 0) is 74.8 Å². The number of fused-ring (bicyclic) bond motifs is 9. The number of rotatable bonds is 4. The molecule has 11 rings (SSSR count). The summed E-state index contributed by atoms with van der Waals surface area (Å²) in [7, 11) is 0. The van der Waals surface area contributed by atoms with Crippen molar-refractivity contribution in [2.75, 3.05) is 0 Å². The molecule has 11 aromatic rings. The van der Waals surface area contributed by atoms with Crippen LogP contribution in [0.4, 0.5) is 0 Å². The Bertz CT molecular complexity index is 3170. The lowest BCUT2D eigenvalue weighted by Gasteiger charge is -2.14. The molecule has 4 nitrogen and oxygen atoms in total. The molecule has 7 aromatic carbocycles. The third-order valence-electron chi connectivity index (χ3n) is 10.3. The highest BCUT2D eigenvalue weighted by Gasteiger charge is 2.23. The number of nitrogens with zero attached hydrogens (tertiary/aromatic N) is 4. The van der Waals surface area contributed by atoms with Crippen LogP contribution in [0.1, 0.15) is 0 Å². The lowest BCUT2D eigenvalue weighted by molar-refractivity contribution is 1.09. The van der Waals surface area contributed by atoms with Gasteiger partial charge in [0.05, 0.1) is 11.0 Å². The first kappa shape index (κ1) is 29.1. The predicted octanol–water partition coefficient (Wildman–Crippen LogP) is 12.6. The molecule has 0 unspecified atom stereocenters. The van der Waals surface area contributed by atoms with Gasteiger partial charge in [0.25, 0.3) is 0 Å². The van der Waals surface area contributed by atoms with E-state index in [1.165, 1.54) is 54.6 Å². The standard InChI is InChI=1S/C47H28N4S/c1-3-12-29(13-4-1)37-26-40-42(27-38(37)30-14-5-2-6-15-30)52-47-44(40)49-46(43(50-47)34-19-11-23-48-28-34)51-41-25-33-18-8-7-17-32(33)24-39(41)36-22-21-31-16-9-10-20-35(31)45(36)51/h1-28H. The first-order chi connectivity index (χ1) is 25.8. The van der Waals surface area contributed by atoms with E-state index in [1.54, 1.807) is 11.3 Å². The van der Waals surface area contributed by atoms with Crippen LogP contribution < -0.4 is 0 Å². The summed E-state index contributed by atoms with van der Waals surface area (Å²) in [6.45, 7) is 0. The maximum absolute atomic E-state index is 5.69. The van der Waals surface area contributed by atoms with Gasteiger partial charge in [0.1, 0.15) is 16.0 Å². The van der Waals surface area contributed by atoms with Gasteiger partial charge in [-0.3, -0.25) is 9.55 Å². The molecule has 0 aliphatic rings. The van der Waals surface area contributed by atoms with Gasteiger partial charge in [-0.25, -0.2) is 9.97 Å². The maximum Gasteiger partial charge on any atom is 0.165 e. The molecule has 0 fully saturated rings. The zero-order valence-electron chi connectivity index (χ0n) is 27.9. The number of thiophene rings is 1. The van der Waals surface area contributed by atoms with Crippen molar-refractivity contribution in [3.05, 3.63) is 170 Å². The minimum atomic E-state index is 0.792. The zero-order chi connectivity index (χ0) is 34.2. The van der Waals surface area contributed by atoms with Gasteiger partial charge in [0, 0.05) is 44.2 Å². The summed E-state index contributed by atoms with van der Waals surface area (Å²) in [5.74, 6) is 0.792. The number of benzene rings is 7. The average molecular weight is 681 g/mol. The van der Waals surface area contributed by atoms with E-state index >= 15 is 0 Å². The Morgan fingerprint density at radius 2 is 1.15 bits per heavy atom. The second kappa shape index (κ2) is 11.4. The van der Waals surface area contributed by atoms with E-state index in [2.05, 4.69) is 161 Å². The van der Waals surface area contributed by atoms with Crippen LogP contribution in [-0.4, -0.2) is 19.5 Å². The highest BCUT2D eigenvalue weighted by Crippen LogP contribution is 2.44. The molecule has 0 aliphatic carbocycles. The fraction of sp³-hybridized carbons (Fsp3) is 0. The van der Waals surface area contributed by atoms with Gasteiger partial charge in [0.15, 0.2) is 5.82 Å². The van der Waals surface area contributed by atoms with Crippen molar-refractivity contribution >= 4 is 75.1 Å². The van der Waals surface area contributed by atoms with Crippen molar-refractivity contribution in [1.29, 1.82) is 0 Å². The molecule has 0 aliphatic heterocycles. The van der Waals surface area contributed by atoms with Gasteiger partial charge < -0.3 is 0 Å². The molecule has 0 radical (unpaired) electrons. The topological polar surface area (TPSA) is 43.6 Å². The quantitative estimate of drug-likeness (QED) is 0.186. The average Bonchev–Trinajstić information content (AvgIpc) is 3.74. The monoisotopic (exact) mass is 680 g/mol. The minimum Gasteiger partial charge on any atom is -0.291 e. The van der Waals surface area contributed by atoms with Crippen LogP contribution in [0.15, 0.2) is 170 Å². The van der Waals surface area contributed by atoms with Crippen LogP contribution in [0.3, 0.4) is 0 Å². The van der Waals surface area contributed by atoms with Crippen molar-refractivity contribution < 1.29 is 0 Å². The number of hydrogen-bond donors (Lipinski definition) is 0. The maximum atomic E-state index is 5.69. The van der Waals surface area contributed by atoms with E-state index in [1.807, 2.05) is 18.5 Å². The SMILES string of the molecule is c1ccc(-c2cc3sc4nc(-c5cccnc5)c(-n5c6cc7ccccc7cc6c6ccc7ccccc7c65)nc4c3cc2-c2ccccc2)cc1. The molecule has 0 N–H and O–H groups in total. The summed E-state index contributed by atoms with van der Waals surface area (Å²) >= 11 is 1.70. The highest BCUT2D eigenvalue weighted by atomic mass is 32.1. The van der Waals surface area contributed by atoms with Crippen molar-refractivity contribution in [3.63, 3.8) is 0 Å². The summed E-state index contributed by atoms with van der Waals surface area (Å²) in [4.78, 5) is 16.6. The molecule has 4 aromatic heterocycles. The summed E-state index contributed by atoms with van der Waals surface area (Å²) < 4.78 is 3.51. The molecule has 0 saturated carbocycles. The van der Waals surface area contributed by atoms with E-state index in [4.69, 9.17) is 9.97 Å². The summed E-state index contributed by atoms with van der Waals surface area (Å²) in [5.41, 5.74) is 9.57. The first-order valence-electron chi connectivity index (χ1n) is 17.4. The third-order valence-corrected chi connectivity index (χ3v) is 11.3. The van der Waals surface area contributed by atoms with Crippen LogP contribution in [0.5, 0.6) is 0 Å². The smallest absolute Gasteiger partial charge is 0.165 e. The molecule has 0 atom stereocenters. The predicted molar refractivity (Wildman–Crippen MR) is 218 cm³/mol. The number of aromatic nitrogens is 4. The van der Waals surface area contributed by atoms with Gasteiger partial charge >= 0.3 is 0 Å². The molecule has 4 heterocycles. The van der Waals surface area contributed by atoms with Crippen molar-refractivity contribution in [2.24, 2.45) is 0 Å². The fourth-order valence-electron chi connectivity index (χ4n) is 7.86. The fourth-order valence-corrected chi connectivity index (χ4v) is 8.90. The molecule has 5 heteroatoms. The molecule has 0 amide bonds. The van der Waals surface area contributed by atoms with Crippen molar-refractivity contribution in [2.45, 2.75) is 0 Å². The first-order valence-corrected chi connectivity index (χ1v) is 18.2. The van der Waals surface area contributed by atoms with Crippen LogP contribution in [-0.2, 0) is 0 Å². The summed E-state index contributed by atoms with van der Waals surface area (Å²) in [6, 6.07) is 56.4. The van der Waals surface area contributed by atoms with E-state index in [-0.39, 0.29) is 0 Å². The Morgan fingerprint density at radius 3 is 1.90 bits per heavy atom. The second-order valence-electron chi connectivity index (χ2n) is 13.3. The molecular weight excluding hydrogens is 653 g/mol. The summed E-state index contributed by atoms with van der Waals surface area (Å²) in [6.07, 6.45) is 3.71. The molecule has 52 heavy (non-hydrogen) atoms. The lowest BCUT2D eigenvalue weighted by atomic mass is 9.93. The lowest BCUT2D eigenvalue weighted by Crippen LogP contribution is -2.03. The van der Waals surface area contributed by atoms with Crippen LogP contribution in [0.25, 0.3) is 103 Å². The van der Waals surface area contributed by atoms with Gasteiger partial charge in [-0.1, -0.05) is 121 Å². The highest BCUT2D eigenvalue weighted by molar-refractivity contribution is 7.25. The second-order valence-corrected chi connectivity index (χ2v) is 14.3. The summed E-state index contributed by atoms with van der Waals surface area (Å²) in [5, 5.41) is 8.22. The third kappa shape index (κ3) is 4.43. The van der Waals surface area contributed by atoms with Gasteiger partial charge in [-0.2, -0.15) is 0 Å². The largest absolute Gasteiger partial charge is 0.291 e. The molecule has 0 spiro atoms. The van der Waals surface area contributed by atoms with Crippen molar-refractivity contribution in [3.8, 4) is 39.3 Å². The van der Waals surface area contributed by atoms with E-state index < -0.39 is 0 Å². The Kier molecular flexibility index (Phi) is 6.39. The van der Waals surface area contributed by atoms with Crippen LogP contribution in [0.2, 0.25) is 0 Å². The zero-order valence-corrected chi connectivity index (χ0v) is 28.7. The Labute approximate surface area is 302 Å².